The van der Waals surface area contributed by atoms with Gasteiger partial charge in [-0.25, -0.2) is 0 Å². The van der Waals surface area contributed by atoms with Gasteiger partial charge in [-0.2, -0.15) is 0 Å². The maximum atomic E-state index is 5.42. The molecule has 0 spiro atoms. The highest BCUT2D eigenvalue weighted by atomic mass is 16.5. The zero-order valence-electron chi connectivity index (χ0n) is 14.2. The summed E-state index contributed by atoms with van der Waals surface area (Å²) in [5.41, 5.74) is 1.14. The van der Waals surface area contributed by atoms with Crippen molar-refractivity contribution in [1.29, 1.82) is 0 Å². The number of nitrogens with one attached hydrogen (secondary N) is 1. The highest BCUT2D eigenvalue weighted by Gasteiger charge is 2.17. The Morgan fingerprint density at radius 1 is 1.00 bits per heavy atom. The lowest BCUT2D eigenvalue weighted by atomic mass is 10.0. The van der Waals surface area contributed by atoms with E-state index in [0.717, 1.165) is 12.0 Å². The van der Waals surface area contributed by atoms with E-state index in [0.29, 0.717) is 23.3 Å². The second-order valence-corrected chi connectivity index (χ2v) is 5.24. The third kappa shape index (κ3) is 4.53. The molecule has 0 aliphatic carbocycles. The van der Waals surface area contributed by atoms with Gasteiger partial charge in [-0.3, -0.25) is 0 Å². The third-order valence-electron chi connectivity index (χ3n) is 3.80. The van der Waals surface area contributed by atoms with Crippen molar-refractivity contribution in [3.63, 3.8) is 0 Å². The standard InChI is InChI=1S/C17H29NO3/c1-7-9-14(8-2)18-12(3)13-10-15(19-4)17(21-6)16(11-13)20-5/h10-12,14,18H,7-9H2,1-6H3. The van der Waals surface area contributed by atoms with Crippen LogP contribution in [0, 0.1) is 0 Å². The number of hydrogen-bond donors (Lipinski definition) is 1. The molecule has 0 aliphatic rings. The Morgan fingerprint density at radius 3 is 1.95 bits per heavy atom. The first-order chi connectivity index (χ1) is 10.1. The molecule has 0 saturated heterocycles. The molecule has 1 rings (SSSR count). The Bertz CT molecular complexity index is 409. The van der Waals surface area contributed by atoms with Crippen molar-refractivity contribution < 1.29 is 14.2 Å². The van der Waals surface area contributed by atoms with E-state index >= 15 is 0 Å². The maximum Gasteiger partial charge on any atom is 0.203 e. The van der Waals surface area contributed by atoms with Crippen LogP contribution in [0.1, 0.15) is 51.6 Å². The van der Waals surface area contributed by atoms with Crippen LogP contribution in [-0.4, -0.2) is 27.4 Å². The van der Waals surface area contributed by atoms with E-state index in [1.54, 1.807) is 21.3 Å². The van der Waals surface area contributed by atoms with Gasteiger partial charge in [-0.05, 0) is 37.5 Å². The number of hydrogen-bond acceptors (Lipinski definition) is 4. The summed E-state index contributed by atoms with van der Waals surface area (Å²) in [6.07, 6.45) is 3.50. The summed E-state index contributed by atoms with van der Waals surface area (Å²) in [5.74, 6) is 2.03. The van der Waals surface area contributed by atoms with Crippen molar-refractivity contribution in [2.24, 2.45) is 0 Å². The second-order valence-electron chi connectivity index (χ2n) is 5.24. The minimum absolute atomic E-state index is 0.232. The van der Waals surface area contributed by atoms with Gasteiger partial charge in [0.15, 0.2) is 11.5 Å². The predicted octanol–water partition coefficient (Wildman–Crippen LogP) is 3.94. The van der Waals surface area contributed by atoms with Crippen LogP contribution in [0.4, 0.5) is 0 Å². The van der Waals surface area contributed by atoms with Gasteiger partial charge in [0.05, 0.1) is 21.3 Å². The summed E-state index contributed by atoms with van der Waals surface area (Å²) >= 11 is 0. The van der Waals surface area contributed by atoms with E-state index in [2.05, 4.69) is 26.1 Å². The number of ether oxygens (including phenoxy) is 3. The molecule has 0 aromatic heterocycles. The average Bonchev–Trinajstić information content (AvgIpc) is 2.52. The fourth-order valence-corrected chi connectivity index (χ4v) is 2.55. The van der Waals surface area contributed by atoms with Crippen LogP contribution in [0.3, 0.4) is 0 Å². The van der Waals surface area contributed by atoms with Gasteiger partial charge in [0.25, 0.3) is 0 Å². The first-order valence-electron chi connectivity index (χ1n) is 7.67. The van der Waals surface area contributed by atoms with Crippen molar-refractivity contribution in [3.05, 3.63) is 17.7 Å². The maximum absolute atomic E-state index is 5.42. The fraction of sp³-hybridized carbons (Fsp3) is 0.647. The predicted molar refractivity (Wildman–Crippen MR) is 86.6 cm³/mol. The Balaban J connectivity index is 3.01. The van der Waals surface area contributed by atoms with E-state index < -0.39 is 0 Å². The quantitative estimate of drug-likeness (QED) is 0.749. The Labute approximate surface area is 128 Å². The molecule has 2 unspecified atom stereocenters. The first-order valence-corrected chi connectivity index (χ1v) is 7.67. The minimum atomic E-state index is 0.232. The normalized spacial score (nSPS) is 13.6. The molecule has 1 aromatic rings. The van der Waals surface area contributed by atoms with Crippen LogP contribution in [-0.2, 0) is 0 Å². The molecule has 2 atom stereocenters. The number of benzene rings is 1. The minimum Gasteiger partial charge on any atom is -0.493 e. The van der Waals surface area contributed by atoms with Crippen molar-refractivity contribution in [2.75, 3.05) is 21.3 Å². The van der Waals surface area contributed by atoms with Crippen molar-refractivity contribution in [1.82, 2.24) is 5.32 Å². The summed E-state index contributed by atoms with van der Waals surface area (Å²) in [6, 6.07) is 4.79. The highest BCUT2D eigenvalue weighted by molar-refractivity contribution is 5.54. The summed E-state index contributed by atoms with van der Waals surface area (Å²) < 4.78 is 16.2. The van der Waals surface area contributed by atoms with Gasteiger partial charge in [0.1, 0.15) is 0 Å². The van der Waals surface area contributed by atoms with Crippen LogP contribution >= 0.6 is 0 Å². The van der Waals surface area contributed by atoms with E-state index in [1.165, 1.54) is 12.8 Å². The fourth-order valence-electron chi connectivity index (χ4n) is 2.55. The van der Waals surface area contributed by atoms with Gasteiger partial charge < -0.3 is 19.5 Å². The third-order valence-corrected chi connectivity index (χ3v) is 3.80. The van der Waals surface area contributed by atoms with Crippen LogP contribution in [0.25, 0.3) is 0 Å². The van der Waals surface area contributed by atoms with Gasteiger partial charge in [0.2, 0.25) is 5.75 Å². The van der Waals surface area contributed by atoms with Gasteiger partial charge >= 0.3 is 0 Å². The summed E-state index contributed by atoms with van der Waals surface area (Å²) in [7, 11) is 4.91. The largest absolute Gasteiger partial charge is 0.493 e. The van der Waals surface area contributed by atoms with Gasteiger partial charge in [-0.15, -0.1) is 0 Å². The molecule has 1 N–H and O–H groups in total. The molecule has 0 aliphatic heterocycles. The molecular formula is C17H29NO3. The summed E-state index contributed by atoms with van der Waals surface area (Å²) in [4.78, 5) is 0. The molecule has 0 fully saturated rings. The van der Waals surface area contributed by atoms with Crippen molar-refractivity contribution in [3.8, 4) is 17.2 Å². The molecule has 4 nitrogen and oxygen atoms in total. The monoisotopic (exact) mass is 295 g/mol. The Hall–Kier alpha value is -1.42. The highest BCUT2D eigenvalue weighted by Crippen LogP contribution is 2.39. The topological polar surface area (TPSA) is 39.7 Å². The molecule has 0 bridgehead atoms. The first kappa shape index (κ1) is 17.6. The lowest BCUT2D eigenvalue weighted by Gasteiger charge is -2.23. The molecule has 0 heterocycles. The van der Waals surface area contributed by atoms with Crippen molar-refractivity contribution in [2.45, 2.75) is 52.1 Å². The van der Waals surface area contributed by atoms with Crippen LogP contribution in [0.5, 0.6) is 17.2 Å². The SMILES string of the molecule is CCCC(CC)NC(C)c1cc(OC)c(OC)c(OC)c1. The van der Waals surface area contributed by atoms with Crippen molar-refractivity contribution >= 4 is 0 Å². The average molecular weight is 295 g/mol. The smallest absolute Gasteiger partial charge is 0.203 e. The Morgan fingerprint density at radius 2 is 1.57 bits per heavy atom. The molecule has 1 aromatic carbocycles. The van der Waals surface area contributed by atoms with Gasteiger partial charge in [-0.1, -0.05) is 20.3 Å². The van der Waals surface area contributed by atoms with Crippen LogP contribution < -0.4 is 19.5 Å². The van der Waals surface area contributed by atoms with Crippen LogP contribution in [0.15, 0.2) is 12.1 Å². The Kier molecular flexibility index (Phi) is 7.37. The number of methoxy groups -OCH3 is 3. The van der Waals surface area contributed by atoms with Crippen LogP contribution in [0.2, 0.25) is 0 Å². The lowest BCUT2D eigenvalue weighted by Crippen LogP contribution is -2.30. The number of rotatable bonds is 9. The van der Waals surface area contributed by atoms with Gasteiger partial charge in [0, 0.05) is 12.1 Å². The van der Waals surface area contributed by atoms with E-state index in [9.17, 15) is 0 Å². The summed E-state index contributed by atoms with van der Waals surface area (Å²) in [5, 5.41) is 3.67. The van der Waals surface area contributed by atoms with E-state index in [-0.39, 0.29) is 6.04 Å². The molecule has 0 saturated carbocycles. The van der Waals surface area contributed by atoms with E-state index in [1.807, 2.05) is 12.1 Å². The lowest BCUT2D eigenvalue weighted by molar-refractivity contribution is 0.322. The summed E-state index contributed by atoms with van der Waals surface area (Å²) in [6.45, 7) is 6.60. The molecule has 0 radical (unpaired) electrons. The van der Waals surface area contributed by atoms with E-state index in [4.69, 9.17) is 14.2 Å². The zero-order valence-corrected chi connectivity index (χ0v) is 14.2. The molecule has 0 amide bonds. The molecule has 120 valence electrons. The molecule has 4 heteroatoms. The zero-order chi connectivity index (χ0) is 15.8. The second kappa shape index (κ2) is 8.78. The molecule has 21 heavy (non-hydrogen) atoms. The molecular weight excluding hydrogens is 266 g/mol.